The molecule has 0 bridgehead atoms. The van der Waals surface area contributed by atoms with Crippen LogP contribution < -0.4 is 4.74 Å². The fraction of sp³-hybridized carbons (Fsp3) is 0.167. The molecule has 4 nitrogen and oxygen atoms in total. The maximum Gasteiger partial charge on any atom is 0.377 e. The maximum atomic E-state index is 14.0. The van der Waals surface area contributed by atoms with Crippen LogP contribution in [0.1, 0.15) is 5.56 Å². The maximum absolute atomic E-state index is 14.0. The number of aryl methyl sites for hydroxylation is 1. The van der Waals surface area contributed by atoms with Crippen LogP contribution in [-0.4, -0.2) is 20.2 Å². The molecule has 0 aliphatic heterocycles. The molecule has 0 radical (unpaired) electrons. The molecule has 2 rings (SSSR count). The Morgan fingerprint density at radius 1 is 0.926 bits per heavy atom. The van der Waals surface area contributed by atoms with Crippen LogP contribution in [0.15, 0.2) is 30.2 Å². The SMILES string of the molecule is COC=C(Oc1cc(-c2c(F)c(F)c(F)c(F)c2F)ccc1C)C(=O)OC. The third-order valence-corrected chi connectivity index (χ3v) is 3.52. The number of ether oxygens (including phenoxy) is 3. The van der Waals surface area contributed by atoms with Crippen molar-refractivity contribution in [3.63, 3.8) is 0 Å². The van der Waals surface area contributed by atoms with E-state index in [1.165, 1.54) is 13.2 Å². The third-order valence-electron chi connectivity index (χ3n) is 3.52. The number of halogens is 5. The van der Waals surface area contributed by atoms with Crippen molar-refractivity contribution in [2.24, 2.45) is 0 Å². The third kappa shape index (κ3) is 3.86. The van der Waals surface area contributed by atoms with Crippen molar-refractivity contribution >= 4 is 5.97 Å². The minimum Gasteiger partial charge on any atom is -0.500 e. The first kappa shape index (κ1) is 20.2. The molecule has 144 valence electrons. The summed E-state index contributed by atoms with van der Waals surface area (Å²) >= 11 is 0. The molecule has 0 heterocycles. The summed E-state index contributed by atoms with van der Waals surface area (Å²) in [5, 5.41) is 0. The zero-order valence-corrected chi connectivity index (χ0v) is 14.3. The molecule has 27 heavy (non-hydrogen) atoms. The second-order valence-corrected chi connectivity index (χ2v) is 5.24. The topological polar surface area (TPSA) is 44.8 Å². The molecule has 2 aromatic rings. The van der Waals surface area contributed by atoms with Gasteiger partial charge in [0.15, 0.2) is 23.3 Å². The molecule has 0 saturated carbocycles. The van der Waals surface area contributed by atoms with E-state index in [9.17, 15) is 26.7 Å². The summed E-state index contributed by atoms with van der Waals surface area (Å²) in [4.78, 5) is 11.7. The largest absolute Gasteiger partial charge is 0.500 e. The van der Waals surface area contributed by atoms with Gasteiger partial charge in [0.25, 0.3) is 0 Å². The summed E-state index contributed by atoms with van der Waals surface area (Å²) in [6.07, 6.45) is 0.927. The number of benzene rings is 2. The Kier molecular flexibility index (Phi) is 6.04. The number of rotatable bonds is 5. The fourth-order valence-corrected chi connectivity index (χ4v) is 2.16. The van der Waals surface area contributed by atoms with Crippen molar-refractivity contribution in [3.8, 4) is 16.9 Å². The van der Waals surface area contributed by atoms with Crippen LogP contribution in [0.4, 0.5) is 22.0 Å². The molecule has 0 unspecified atom stereocenters. The average Bonchev–Trinajstić information content (AvgIpc) is 2.66. The summed E-state index contributed by atoms with van der Waals surface area (Å²) in [7, 11) is 2.33. The minimum absolute atomic E-state index is 0.0786. The number of methoxy groups -OCH3 is 2. The number of carbonyl (C=O) groups excluding carboxylic acids is 1. The molecule has 0 atom stereocenters. The van der Waals surface area contributed by atoms with Gasteiger partial charge in [0.05, 0.1) is 19.8 Å². The monoisotopic (exact) mass is 388 g/mol. The van der Waals surface area contributed by atoms with Crippen molar-refractivity contribution < 1.29 is 41.0 Å². The first-order chi connectivity index (χ1) is 12.7. The lowest BCUT2D eigenvalue weighted by atomic mass is 10.0. The summed E-state index contributed by atoms with van der Waals surface area (Å²) in [6.45, 7) is 1.54. The van der Waals surface area contributed by atoms with Crippen molar-refractivity contribution in [1.29, 1.82) is 0 Å². The first-order valence-electron chi connectivity index (χ1n) is 7.34. The highest BCUT2D eigenvalue weighted by molar-refractivity contribution is 5.86. The molecule has 0 spiro atoms. The van der Waals surface area contributed by atoms with E-state index in [2.05, 4.69) is 9.47 Å². The lowest BCUT2D eigenvalue weighted by molar-refractivity contribution is -0.138. The van der Waals surface area contributed by atoms with Crippen LogP contribution in [0.5, 0.6) is 5.75 Å². The number of esters is 1. The molecule has 2 aromatic carbocycles. The molecule has 0 N–H and O–H groups in total. The molecular weight excluding hydrogens is 375 g/mol. The van der Waals surface area contributed by atoms with E-state index < -0.39 is 46.4 Å². The smallest absolute Gasteiger partial charge is 0.377 e. The van der Waals surface area contributed by atoms with E-state index in [0.717, 1.165) is 25.5 Å². The minimum atomic E-state index is -2.26. The zero-order valence-electron chi connectivity index (χ0n) is 14.3. The van der Waals surface area contributed by atoms with Gasteiger partial charge in [-0.05, 0) is 24.1 Å². The average molecular weight is 388 g/mol. The Morgan fingerprint density at radius 2 is 1.48 bits per heavy atom. The molecule has 0 saturated heterocycles. The van der Waals surface area contributed by atoms with Crippen LogP contribution >= 0.6 is 0 Å². The van der Waals surface area contributed by atoms with Gasteiger partial charge in [-0.3, -0.25) is 0 Å². The summed E-state index contributed by atoms with van der Waals surface area (Å²) < 4.78 is 82.7. The summed E-state index contributed by atoms with van der Waals surface area (Å²) in [6, 6.07) is 3.50. The van der Waals surface area contributed by atoms with E-state index in [-0.39, 0.29) is 11.3 Å². The van der Waals surface area contributed by atoms with Crippen LogP contribution in [0.3, 0.4) is 0 Å². The quantitative estimate of drug-likeness (QED) is 0.190. The first-order valence-corrected chi connectivity index (χ1v) is 7.34. The number of hydrogen-bond acceptors (Lipinski definition) is 4. The lowest BCUT2D eigenvalue weighted by Gasteiger charge is -2.13. The molecule has 0 amide bonds. The van der Waals surface area contributed by atoms with Gasteiger partial charge >= 0.3 is 5.97 Å². The van der Waals surface area contributed by atoms with E-state index in [0.29, 0.717) is 5.56 Å². The van der Waals surface area contributed by atoms with Crippen LogP contribution in [0, 0.1) is 36.0 Å². The lowest BCUT2D eigenvalue weighted by Crippen LogP contribution is -2.12. The van der Waals surface area contributed by atoms with Gasteiger partial charge in [-0.2, -0.15) is 0 Å². The van der Waals surface area contributed by atoms with E-state index >= 15 is 0 Å². The highest BCUT2D eigenvalue weighted by atomic mass is 19.2. The van der Waals surface area contributed by atoms with Gasteiger partial charge in [0, 0.05) is 0 Å². The van der Waals surface area contributed by atoms with E-state index in [1.54, 1.807) is 6.92 Å². The molecule has 0 aromatic heterocycles. The molecule has 0 fully saturated rings. The Balaban J connectivity index is 2.60. The number of carbonyl (C=O) groups is 1. The fourth-order valence-electron chi connectivity index (χ4n) is 2.16. The Bertz CT molecular complexity index is 895. The highest BCUT2D eigenvalue weighted by Crippen LogP contribution is 2.34. The molecule has 9 heteroatoms. The van der Waals surface area contributed by atoms with Crippen molar-refractivity contribution in [1.82, 2.24) is 0 Å². The van der Waals surface area contributed by atoms with Crippen molar-refractivity contribution in [2.45, 2.75) is 6.92 Å². The predicted octanol–water partition coefficient (Wildman–Crippen LogP) is 4.40. The van der Waals surface area contributed by atoms with E-state index in [4.69, 9.17) is 4.74 Å². The predicted molar refractivity (Wildman–Crippen MR) is 84.1 cm³/mol. The standard InChI is InChI=1S/C18H13F5O4/c1-8-4-5-9(6-10(8)27-11(7-25-2)18(24)26-3)12-13(19)15(21)17(23)16(22)14(12)20/h4-7H,1-3H3. The van der Waals surface area contributed by atoms with Crippen LogP contribution in [0.25, 0.3) is 11.1 Å². The van der Waals surface area contributed by atoms with Gasteiger partial charge < -0.3 is 14.2 Å². The zero-order chi connectivity index (χ0) is 20.3. The second kappa shape index (κ2) is 8.07. The summed E-state index contributed by atoms with van der Waals surface area (Å²) in [5.74, 6) is -11.7. The van der Waals surface area contributed by atoms with Gasteiger partial charge in [-0.15, -0.1) is 0 Å². The van der Waals surface area contributed by atoms with Crippen LogP contribution in [-0.2, 0) is 14.3 Å². The Labute approximate surface area is 150 Å². The Morgan fingerprint density at radius 3 is 2.00 bits per heavy atom. The molecular formula is C18H13F5O4. The van der Waals surface area contributed by atoms with Gasteiger partial charge in [0.2, 0.25) is 11.6 Å². The van der Waals surface area contributed by atoms with Crippen LogP contribution in [0.2, 0.25) is 0 Å². The van der Waals surface area contributed by atoms with E-state index in [1.807, 2.05) is 0 Å². The molecule has 0 aliphatic rings. The summed E-state index contributed by atoms with van der Waals surface area (Å²) in [5.41, 5.74) is -1.05. The van der Waals surface area contributed by atoms with Gasteiger partial charge in [-0.25, -0.2) is 26.7 Å². The molecule has 0 aliphatic carbocycles. The number of hydrogen-bond donors (Lipinski definition) is 0. The highest BCUT2D eigenvalue weighted by Gasteiger charge is 2.27. The Hall–Kier alpha value is -3.10. The van der Waals surface area contributed by atoms with Gasteiger partial charge in [0.1, 0.15) is 12.0 Å². The van der Waals surface area contributed by atoms with Gasteiger partial charge in [-0.1, -0.05) is 12.1 Å². The van der Waals surface area contributed by atoms with Crippen molar-refractivity contribution in [2.75, 3.05) is 14.2 Å². The second-order valence-electron chi connectivity index (χ2n) is 5.24. The van der Waals surface area contributed by atoms with Crippen molar-refractivity contribution in [3.05, 3.63) is 64.9 Å². The normalized spacial score (nSPS) is 11.3.